The van der Waals surface area contributed by atoms with Crippen LogP contribution in [0.1, 0.15) is 28.9 Å². The summed E-state index contributed by atoms with van der Waals surface area (Å²) in [6, 6.07) is 7.66. The molecule has 1 aliphatic heterocycles. The molecule has 0 aliphatic carbocycles. The number of benzene rings is 1. The predicted octanol–water partition coefficient (Wildman–Crippen LogP) is 2.69. The minimum absolute atomic E-state index is 0.0952. The summed E-state index contributed by atoms with van der Waals surface area (Å²) >= 11 is 0. The van der Waals surface area contributed by atoms with E-state index in [1.54, 1.807) is 30.0 Å². The van der Waals surface area contributed by atoms with E-state index in [1.165, 1.54) is 12.1 Å². The quantitative estimate of drug-likeness (QED) is 0.750. The Morgan fingerprint density at radius 3 is 2.75 bits per heavy atom. The van der Waals surface area contributed by atoms with Crippen LogP contribution >= 0.6 is 0 Å². The van der Waals surface area contributed by atoms with Gasteiger partial charge in [-0.3, -0.25) is 9.59 Å². The summed E-state index contributed by atoms with van der Waals surface area (Å²) in [6.07, 6.45) is 1.97. The average Bonchev–Trinajstić information content (AvgIpc) is 3.36. The molecule has 1 saturated heterocycles. The molecule has 0 saturated carbocycles. The van der Waals surface area contributed by atoms with Crippen LogP contribution in [0.2, 0.25) is 0 Å². The second kappa shape index (κ2) is 7.38. The first-order valence-corrected chi connectivity index (χ1v) is 9.12. The molecule has 0 bridgehead atoms. The Bertz CT molecular complexity index is 1060. The Morgan fingerprint density at radius 2 is 2.00 bits per heavy atom. The summed E-state index contributed by atoms with van der Waals surface area (Å²) in [5.74, 6) is -1.03. The molecule has 0 radical (unpaired) electrons. The first kappa shape index (κ1) is 18.1. The molecule has 3 heterocycles. The van der Waals surface area contributed by atoms with Gasteiger partial charge in [0.25, 0.3) is 11.6 Å². The highest BCUT2D eigenvalue weighted by molar-refractivity contribution is 6.07. The number of hydrogen-bond acceptors (Lipinski definition) is 5. The summed E-state index contributed by atoms with van der Waals surface area (Å²) in [7, 11) is 0. The number of carbonyl (C=O) groups excluding carboxylic acids is 2. The van der Waals surface area contributed by atoms with Gasteiger partial charge in [-0.05, 0) is 38.0 Å². The standard InChI is InChI=1S/C20H19FN4O3/c1-12-18-14(19(27)22-11-17(26)25-8-4-5-9-25)10-16(23-20(18)28-24-12)13-6-2-3-7-15(13)21/h2-3,6-7,10H,4-5,8-9,11H2,1H3,(H,22,27). The van der Waals surface area contributed by atoms with Gasteiger partial charge in [0.15, 0.2) is 0 Å². The molecule has 28 heavy (non-hydrogen) atoms. The number of fused-ring (bicyclic) bond motifs is 1. The number of aromatic nitrogens is 2. The Hall–Kier alpha value is -3.29. The number of pyridine rings is 1. The largest absolute Gasteiger partial charge is 0.343 e. The van der Waals surface area contributed by atoms with E-state index in [-0.39, 0.29) is 35.0 Å². The van der Waals surface area contributed by atoms with Crippen LogP contribution in [0.4, 0.5) is 4.39 Å². The monoisotopic (exact) mass is 382 g/mol. The number of likely N-dealkylation sites (tertiary alicyclic amines) is 1. The summed E-state index contributed by atoms with van der Waals surface area (Å²) in [5, 5.41) is 6.98. The fourth-order valence-electron chi connectivity index (χ4n) is 3.41. The topological polar surface area (TPSA) is 88.3 Å². The van der Waals surface area contributed by atoms with Crippen molar-refractivity contribution in [1.29, 1.82) is 0 Å². The van der Waals surface area contributed by atoms with Crippen molar-refractivity contribution < 1.29 is 18.5 Å². The third-order valence-corrected chi connectivity index (χ3v) is 4.87. The van der Waals surface area contributed by atoms with Gasteiger partial charge in [-0.2, -0.15) is 0 Å². The molecule has 144 valence electrons. The van der Waals surface area contributed by atoms with Crippen molar-refractivity contribution in [3.05, 3.63) is 47.4 Å². The van der Waals surface area contributed by atoms with Crippen LogP contribution in [-0.2, 0) is 4.79 Å². The van der Waals surface area contributed by atoms with Gasteiger partial charge in [0.05, 0.1) is 28.9 Å². The average molecular weight is 382 g/mol. The maximum atomic E-state index is 14.2. The highest BCUT2D eigenvalue weighted by Gasteiger charge is 2.22. The number of hydrogen-bond donors (Lipinski definition) is 1. The maximum Gasteiger partial charge on any atom is 0.259 e. The van der Waals surface area contributed by atoms with E-state index >= 15 is 0 Å². The van der Waals surface area contributed by atoms with Crippen LogP contribution < -0.4 is 5.32 Å². The minimum atomic E-state index is -0.457. The first-order chi connectivity index (χ1) is 13.5. The fraction of sp³-hybridized carbons (Fsp3) is 0.300. The third-order valence-electron chi connectivity index (χ3n) is 4.87. The van der Waals surface area contributed by atoms with Gasteiger partial charge in [0.1, 0.15) is 5.82 Å². The van der Waals surface area contributed by atoms with Crippen molar-refractivity contribution in [2.45, 2.75) is 19.8 Å². The van der Waals surface area contributed by atoms with Crippen LogP contribution in [0.3, 0.4) is 0 Å². The van der Waals surface area contributed by atoms with Crippen molar-refractivity contribution in [3.63, 3.8) is 0 Å². The zero-order valence-electron chi connectivity index (χ0n) is 15.4. The van der Waals surface area contributed by atoms with Crippen LogP contribution in [-0.4, -0.2) is 46.5 Å². The maximum absolute atomic E-state index is 14.2. The lowest BCUT2D eigenvalue weighted by molar-refractivity contribution is -0.129. The molecule has 8 heteroatoms. The van der Waals surface area contributed by atoms with Crippen molar-refractivity contribution in [2.24, 2.45) is 0 Å². The van der Waals surface area contributed by atoms with E-state index in [0.717, 1.165) is 25.9 Å². The number of nitrogens with one attached hydrogen (secondary N) is 1. The number of rotatable bonds is 4. The van der Waals surface area contributed by atoms with Crippen molar-refractivity contribution >= 4 is 22.9 Å². The molecule has 2 aromatic heterocycles. The SMILES string of the molecule is Cc1noc2nc(-c3ccccc3F)cc(C(=O)NCC(=O)N3CCCC3)c12. The summed E-state index contributed by atoms with van der Waals surface area (Å²) in [4.78, 5) is 31.1. The molecule has 2 amide bonds. The Kier molecular flexibility index (Phi) is 4.77. The van der Waals surface area contributed by atoms with Gasteiger partial charge in [0, 0.05) is 18.7 Å². The first-order valence-electron chi connectivity index (χ1n) is 9.12. The summed E-state index contributed by atoms with van der Waals surface area (Å²) < 4.78 is 19.4. The fourth-order valence-corrected chi connectivity index (χ4v) is 3.41. The number of amides is 2. The molecule has 0 unspecified atom stereocenters. The van der Waals surface area contributed by atoms with Crippen molar-refractivity contribution in [1.82, 2.24) is 20.4 Å². The number of nitrogens with zero attached hydrogens (tertiary/aromatic N) is 3. The lowest BCUT2D eigenvalue weighted by Crippen LogP contribution is -2.38. The normalized spacial score (nSPS) is 13.9. The summed E-state index contributed by atoms with van der Waals surface area (Å²) in [6.45, 7) is 3.04. The van der Waals surface area contributed by atoms with E-state index in [1.807, 2.05) is 0 Å². The van der Waals surface area contributed by atoms with Gasteiger partial charge < -0.3 is 14.7 Å². The molecule has 7 nitrogen and oxygen atoms in total. The molecule has 1 aromatic carbocycles. The van der Waals surface area contributed by atoms with E-state index in [9.17, 15) is 14.0 Å². The molecular formula is C20H19FN4O3. The Morgan fingerprint density at radius 1 is 1.25 bits per heavy atom. The number of halogens is 1. The van der Waals surface area contributed by atoms with Gasteiger partial charge in [0.2, 0.25) is 5.91 Å². The third kappa shape index (κ3) is 3.33. The van der Waals surface area contributed by atoms with E-state index in [4.69, 9.17) is 4.52 Å². The van der Waals surface area contributed by atoms with Crippen LogP contribution in [0, 0.1) is 12.7 Å². The second-order valence-electron chi connectivity index (χ2n) is 6.75. The van der Waals surface area contributed by atoms with E-state index in [2.05, 4.69) is 15.5 Å². The van der Waals surface area contributed by atoms with Crippen molar-refractivity contribution in [3.8, 4) is 11.3 Å². The molecule has 4 rings (SSSR count). The van der Waals surface area contributed by atoms with Crippen molar-refractivity contribution in [2.75, 3.05) is 19.6 Å². The van der Waals surface area contributed by atoms with Gasteiger partial charge in [-0.25, -0.2) is 9.37 Å². The Labute approximate surface area is 160 Å². The van der Waals surface area contributed by atoms with E-state index < -0.39 is 11.7 Å². The lowest BCUT2D eigenvalue weighted by atomic mass is 10.0. The number of aryl methyl sites for hydroxylation is 1. The molecule has 3 aromatic rings. The lowest BCUT2D eigenvalue weighted by Gasteiger charge is -2.15. The molecule has 1 fully saturated rings. The predicted molar refractivity (Wildman–Crippen MR) is 100 cm³/mol. The highest BCUT2D eigenvalue weighted by Crippen LogP contribution is 2.28. The minimum Gasteiger partial charge on any atom is -0.343 e. The highest BCUT2D eigenvalue weighted by atomic mass is 19.1. The number of carbonyl (C=O) groups is 2. The van der Waals surface area contributed by atoms with Crippen LogP contribution in [0.25, 0.3) is 22.4 Å². The Balaban J connectivity index is 1.66. The van der Waals surface area contributed by atoms with E-state index in [0.29, 0.717) is 11.1 Å². The zero-order chi connectivity index (χ0) is 19.7. The van der Waals surface area contributed by atoms with Gasteiger partial charge in [-0.15, -0.1) is 0 Å². The smallest absolute Gasteiger partial charge is 0.259 e. The molecule has 0 spiro atoms. The second-order valence-corrected chi connectivity index (χ2v) is 6.75. The summed E-state index contributed by atoms with van der Waals surface area (Å²) in [5.41, 5.74) is 1.41. The zero-order valence-corrected chi connectivity index (χ0v) is 15.4. The molecule has 1 N–H and O–H groups in total. The van der Waals surface area contributed by atoms with Gasteiger partial charge >= 0.3 is 0 Å². The molecular weight excluding hydrogens is 363 g/mol. The van der Waals surface area contributed by atoms with Crippen LogP contribution in [0.15, 0.2) is 34.9 Å². The molecule has 0 atom stereocenters. The van der Waals surface area contributed by atoms with Crippen LogP contribution in [0.5, 0.6) is 0 Å². The van der Waals surface area contributed by atoms with Gasteiger partial charge in [-0.1, -0.05) is 17.3 Å². The molecule has 1 aliphatic rings.